The molecule has 0 aromatic rings. The van der Waals surface area contributed by atoms with E-state index in [2.05, 4.69) is 32.6 Å². The molecule has 0 saturated carbocycles. The van der Waals surface area contributed by atoms with Crippen molar-refractivity contribution in [2.24, 2.45) is 5.41 Å². The minimum Gasteiger partial charge on any atom is -0.395 e. The normalized spacial score (nSPS) is 27.9. The lowest BCUT2D eigenvalue weighted by molar-refractivity contribution is 0.0701. The summed E-state index contributed by atoms with van der Waals surface area (Å²) in [5, 5.41) is 9.21. The second-order valence-electron chi connectivity index (χ2n) is 5.26. The molecule has 0 bridgehead atoms. The highest BCUT2D eigenvalue weighted by Gasteiger charge is 2.33. The average Bonchev–Trinajstić information content (AvgIpc) is 2.48. The van der Waals surface area contributed by atoms with Crippen LogP contribution in [0.5, 0.6) is 0 Å². The molecule has 0 amide bonds. The molecule has 0 aromatic heterocycles. The van der Waals surface area contributed by atoms with E-state index in [0.29, 0.717) is 24.1 Å². The van der Waals surface area contributed by atoms with Gasteiger partial charge in [0.05, 0.1) is 6.61 Å². The molecule has 1 saturated heterocycles. The van der Waals surface area contributed by atoms with Gasteiger partial charge in [0, 0.05) is 12.1 Å². The van der Waals surface area contributed by atoms with Crippen LogP contribution in [0.25, 0.3) is 0 Å². The van der Waals surface area contributed by atoms with Crippen molar-refractivity contribution in [3.05, 3.63) is 0 Å². The van der Waals surface area contributed by atoms with Crippen molar-refractivity contribution in [3.63, 3.8) is 0 Å². The van der Waals surface area contributed by atoms with Crippen molar-refractivity contribution in [1.29, 1.82) is 0 Å². The second-order valence-corrected chi connectivity index (χ2v) is 5.26. The third-order valence-electron chi connectivity index (χ3n) is 3.38. The molecule has 1 heterocycles. The van der Waals surface area contributed by atoms with Crippen LogP contribution in [0.2, 0.25) is 0 Å². The zero-order valence-corrected chi connectivity index (χ0v) is 9.38. The predicted molar refractivity (Wildman–Crippen MR) is 55.7 cm³/mol. The summed E-state index contributed by atoms with van der Waals surface area (Å²) in [6, 6.07) is 0.973. The van der Waals surface area contributed by atoms with Crippen molar-refractivity contribution < 1.29 is 5.11 Å². The summed E-state index contributed by atoms with van der Waals surface area (Å²) in [6.07, 6.45) is 2.41. The van der Waals surface area contributed by atoms with Gasteiger partial charge in [-0.3, -0.25) is 4.90 Å². The van der Waals surface area contributed by atoms with Crippen LogP contribution in [0.4, 0.5) is 0 Å². The fraction of sp³-hybridized carbons (Fsp3) is 1.00. The van der Waals surface area contributed by atoms with Crippen LogP contribution < -0.4 is 0 Å². The van der Waals surface area contributed by atoms with Crippen LogP contribution in [0.15, 0.2) is 0 Å². The number of aliphatic hydroxyl groups excluding tert-OH is 1. The Hall–Kier alpha value is -0.0800. The molecule has 2 nitrogen and oxygen atoms in total. The molecule has 0 aromatic carbocycles. The highest BCUT2D eigenvalue weighted by atomic mass is 16.3. The molecule has 13 heavy (non-hydrogen) atoms. The first-order valence-electron chi connectivity index (χ1n) is 5.33. The first-order valence-corrected chi connectivity index (χ1v) is 5.33. The van der Waals surface area contributed by atoms with Crippen LogP contribution in [-0.4, -0.2) is 35.2 Å². The van der Waals surface area contributed by atoms with Gasteiger partial charge < -0.3 is 5.11 Å². The van der Waals surface area contributed by atoms with E-state index < -0.39 is 0 Å². The SMILES string of the molecule is CC(N1CCCC1CO)C(C)(C)C. The van der Waals surface area contributed by atoms with E-state index in [0.717, 1.165) is 13.0 Å². The summed E-state index contributed by atoms with van der Waals surface area (Å²) in [4.78, 5) is 2.46. The van der Waals surface area contributed by atoms with Crippen LogP contribution in [-0.2, 0) is 0 Å². The second kappa shape index (κ2) is 3.97. The molecule has 0 spiro atoms. The van der Waals surface area contributed by atoms with Gasteiger partial charge in [-0.25, -0.2) is 0 Å². The van der Waals surface area contributed by atoms with Gasteiger partial charge in [-0.2, -0.15) is 0 Å². The molecule has 0 radical (unpaired) electrons. The summed E-state index contributed by atoms with van der Waals surface area (Å²) in [5.41, 5.74) is 0.317. The van der Waals surface area contributed by atoms with Gasteiger partial charge >= 0.3 is 0 Å². The highest BCUT2D eigenvalue weighted by Crippen LogP contribution is 2.29. The lowest BCUT2D eigenvalue weighted by atomic mass is 9.86. The first kappa shape index (κ1) is 11.0. The Morgan fingerprint density at radius 1 is 1.46 bits per heavy atom. The highest BCUT2D eigenvalue weighted by molar-refractivity contribution is 4.87. The Labute approximate surface area is 81.9 Å². The maximum atomic E-state index is 9.21. The summed E-state index contributed by atoms with van der Waals surface area (Å²) in [6.45, 7) is 10.6. The van der Waals surface area contributed by atoms with E-state index >= 15 is 0 Å². The number of hydrogen-bond acceptors (Lipinski definition) is 2. The smallest absolute Gasteiger partial charge is 0.0586 e. The molecule has 1 aliphatic rings. The number of rotatable bonds is 2. The van der Waals surface area contributed by atoms with Crippen LogP contribution >= 0.6 is 0 Å². The Morgan fingerprint density at radius 2 is 2.08 bits per heavy atom. The Balaban J connectivity index is 2.60. The van der Waals surface area contributed by atoms with Gasteiger partial charge in [0.15, 0.2) is 0 Å². The predicted octanol–water partition coefficient (Wildman–Crippen LogP) is 1.88. The van der Waals surface area contributed by atoms with Gasteiger partial charge in [0.2, 0.25) is 0 Å². The van der Waals surface area contributed by atoms with Crippen molar-refractivity contribution in [1.82, 2.24) is 4.90 Å². The van der Waals surface area contributed by atoms with Gasteiger partial charge in [0.1, 0.15) is 0 Å². The molecule has 1 rings (SSSR count). The average molecular weight is 185 g/mol. The molecular weight excluding hydrogens is 162 g/mol. The zero-order valence-electron chi connectivity index (χ0n) is 9.38. The monoisotopic (exact) mass is 185 g/mol. The Kier molecular flexibility index (Phi) is 3.36. The molecule has 1 N–H and O–H groups in total. The molecular formula is C11H23NO. The number of hydrogen-bond donors (Lipinski definition) is 1. The lowest BCUT2D eigenvalue weighted by Gasteiger charge is -2.38. The largest absolute Gasteiger partial charge is 0.395 e. The minimum atomic E-state index is 0.317. The molecule has 1 fully saturated rings. The molecule has 2 heteroatoms. The maximum absolute atomic E-state index is 9.21. The molecule has 2 unspecified atom stereocenters. The summed E-state index contributed by atoms with van der Waals surface area (Å²) >= 11 is 0. The topological polar surface area (TPSA) is 23.5 Å². The molecule has 78 valence electrons. The Morgan fingerprint density at radius 3 is 2.54 bits per heavy atom. The van der Waals surface area contributed by atoms with E-state index in [1.54, 1.807) is 0 Å². The van der Waals surface area contributed by atoms with Gasteiger partial charge in [-0.05, 0) is 31.7 Å². The maximum Gasteiger partial charge on any atom is 0.0586 e. The number of likely N-dealkylation sites (tertiary alicyclic amines) is 1. The van der Waals surface area contributed by atoms with Crippen molar-refractivity contribution in [3.8, 4) is 0 Å². The quantitative estimate of drug-likeness (QED) is 0.710. The summed E-state index contributed by atoms with van der Waals surface area (Å²) in [5.74, 6) is 0. The standard InChI is InChI=1S/C11H23NO/c1-9(11(2,3)4)12-7-5-6-10(12)8-13/h9-10,13H,5-8H2,1-4H3. The first-order chi connectivity index (χ1) is 5.96. The summed E-state index contributed by atoms with van der Waals surface area (Å²) in [7, 11) is 0. The van der Waals surface area contributed by atoms with E-state index in [-0.39, 0.29) is 0 Å². The zero-order chi connectivity index (χ0) is 10.1. The fourth-order valence-electron chi connectivity index (χ4n) is 2.06. The van der Waals surface area contributed by atoms with E-state index in [1.165, 1.54) is 6.42 Å². The van der Waals surface area contributed by atoms with Crippen LogP contribution in [0.3, 0.4) is 0 Å². The van der Waals surface area contributed by atoms with Gasteiger partial charge in [0.25, 0.3) is 0 Å². The third-order valence-corrected chi connectivity index (χ3v) is 3.38. The molecule has 2 atom stereocenters. The number of aliphatic hydroxyl groups is 1. The van der Waals surface area contributed by atoms with Crippen LogP contribution in [0, 0.1) is 5.41 Å². The van der Waals surface area contributed by atoms with Gasteiger partial charge in [-0.15, -0.1) is 0 Å². The molecule has 0 aliphatic carbocycles. The minimum absolute atomic E-state index is 0.317. The van der Waals surface area contributed by atoms with Crippen molar-refractivity contribution in [2.75, 3.05) is 13.2 Å². The summed E-state index contributed by atoms with van der Waals surface area (Å²) < 4.78 is 0. The van der Waals surface area contributed by atoms with E-state index in [1.807, 2.05) is 0 Å². The molecule has 1 aliphatic heterocycles. The van der Waals surface area contributed by atoms with Gasteiger partial charge in [-0.1, -0.05) is 20.8 Å². The van der Waals surface area contributed by atoms with Crippen LogP contribution in [0.1, 0.15) is 40.5 Å². The lowest BCUT2D eigenvalue weighted by Crippen LogP contribution is -2.45. The fourth-order valence-corrected chi connectivity index (χ4v) is 2.06. The van der Waals surface area contributed by atoms with Crippen molar-refractivity contribution in [2.45, 2.75) is 52.6 Å². The Bertz CT molecular complexity index is 162. The third kappa shape index (κ3) is 2.44. The van der Waals surface area contributed by atoms with E-state index in [4.69, 9.17) is 0 Å². The van der Waals surface area contributed by atoms with Crippen molar-refractivity contribution >= 4 is 0 Å². The van der Waals surface area contributed by atoms with E-state index in [9.17, 15) is 5.11 Å². The number of nitrogens with zero attached hydrogens (tertiary/aromatic N) is 1.